The molecule has 0 nitrogen and oxygen atoms in total. The van der Waals surface area contributed by atoms with Crippen molar-refractivity contribution in [3.63, 3.8) is 0 Å². The third kappa shape index (κ3) is 1.66. The molecule has 1 unspecified atom stereocenters. The van der Waals surface area contributed by atoms with Crippen LogP contribution in [0.3, 0.4) is 0 Å². The molecule has 0 saturated carbocycles. The summed E-state index contributed by atoms with van der Waals surface area (Å²) in [7, 11) is 0. The standard InChI is InChI=1S/C9H14S/c1-3-8-4-5-9(10)6-7(8)2/h4-5,7,10H,3,6H2,1-2H3. The van der Waals surface area contributed by atoms with E-state index in [-0.39, 0.29) is 0 Å². The Labute approximate surface area is 68.4 Å². The molecule has 0 spiro atoms. The first-order valence-electron chi connectivity index (χ1n) is 3.82. The van der Waals surface area contributed by atoms with Crippen molar-refractivity contribution in [1.82, 2.24) is 0 Å². The van der Waals surface area contributed by atoms with Crippen LogP contribution in [-0.4, -0.2) is 0 Å². The topological polar surface area (TPSA) is 0 Å². The van der Waals surface area contributed by atoms with E-state index in [4.69, 9.17) is 0 Å². The first-order valence-corrected chi connectivity index (χ1v) is 4.27. The number of rotatable bonds is 1. The lowest BCUT2D eigenvalue weighted by Crippen LogP contribution is -2.01. The van der Waals surface area contributed by atoms with Crippen LogP contribution in [0.4, 0.5) is 0 Å². The highest BCUT2D eigenvalue weighted by Gasteiger charge is 2.10. The van der Waals surface area contributed by atoms with Gasteiger partial charge in [0.2, 0.25) is 0 Å². The Morgan fingerprint density at radius 2 is 2.30 bits per heavy atom. The Morgan fingerprint density at radius 3 is 2.80 bits per heavy atom. The predicted octanol–water partition coefficient (Wildman–Crippen LogP) is 3.18. The molecule has 1 aliphatic rings. The van der Waals surface area contributed by atoms with Crippen LogP contribution in [0, 0.1) is 5.92 Å². The zero-order chi connectivity index (χ0) is 7.56. The van der Waals surface area contributed by atoms with E-state index in [1.54, 1.807) is 5.57 Å². The van der Waals surface area contributed by atoms with Crippen LogP contribution in [0.2, 0.25) is 0 Å². The van der Waals surface area contributed by atoms with Gasteiger partial charge in [0.1, 0.15) is 0 Å². The van der Waals surface area contributed by atoms with Crippen LogP contribution in [0.25, 0.3) is 0 Å². The first-order chi connectivity index (χ1) is 4.74. The molecule has 0 N–H and O–H groups in total. The average molecular weight is 154 g/mol. The second-order valence-electron chi connectivity index (χ2n) is 2.86. The van der Waals surface area contributed by atoms with E-state index < -0.39 is 0 Å². The fraction of sp³-hybridized carbons (Fsp3) is 0.556. The van der Waals surface area contributed by atoms with E-state index in [0.717, 1.165) is 6.42 Å². The summed E-state index contributed by atoms with van der Waals surface area (Å²) in [5, 5.41) is 0. The van der Waals surface area contributed by atoms with E-state index >= 15 is 0 Å². The van der Waals surface area contributed by atoms with Gasteiger partial charge in [-0.25, -0.2) is 0 Å². The smallest absolute Gasteiger partial charge is 0.0158 e. The maximum absolute atomic E-state index is 4.32. The van der Waals surface area contributed by atoms with Crippen molar-refractivity contribution >= 4 is 12.6 Å². The van der Waals surface area contributed by atoms with Crippen molar-refractivity contribution in [3.05, 3.63) is 22.6 Å². The highest BCUT2D eigenvalue weighted by Crippen LogP contribution is 2.27. The number of allylic oxidation sites excluding steroid dienone is 4. The molecular weight excluding hydrogens is 140 g/mol. The van der Waals surface area contributed by atoms with Crippen LogP contribution in [-0.2, 0) is 0 Å². The molecule has 0 radical (unpaired) electrons. The Balaban J connectivity index is 2.71. The highest BCUT2D eigenvalue weighted by atomic mass is 32.1. The van der Waals surface area contributed by atoms with Gasteiger partial charge in [0.05, 0.1) is 0 Å². The highest BCUT2D eigenvalue weighted by molar-refractivity contribution is 7.84. The third-order valence-electron chi connectivity index (χ3n) is 2.05. The molecular formula is C9H14S. The molecule has 0 fully saturated rings. The number of hydrogen-bond donors (Lipinski definition) is 1. The second-order valence-corrected chi connectivity index (χ2v) is 3.43. The predicted molar refractivity (Wildman–Crippen MR) is 49.2 cm³/mol. The van der Waals surface area contributed by atoms with Crippen LogP contribution < -0.4 is 0 Å². The quantitative estimate of drug-likeness (QED) is 0.551. The summed E-state index contributed by atoms with van der Waals surface area (Å²) in [4.78, 5) is 1.21. The molecule has 1 aliphatic carbocycles. The minimum atomic E-state index is 0.711. The lowest BCUT2D eigenvalue weighted by Gasteiger charge is -2.17. The lowest BCUT2D eigenvalue weighted by atomic mass is 9.91. The Morgan fingerprint density at radius 1 is 1.60 bits per heavy atom. The molecule has 56 valence electrons. The summed E-state index contributed by atoms with van der Waals surface area (Å²) in [6, 6.07) is 0. The van der Waals surface area contributed by atoms with Crippen LogP contribution in [0.1, 0.15) is 26.7 Å². The molecule has 0 aromatic rings. The summed E-state index contributed by atoms with van der Waals surface area (Å²) in [6.45, 7) is 4.47. The van der Waals surface area contributed by atoms with E-state index in [1.807, 2.05) is 0 Å². The van der Waals surface area contributed by atoms with Gasteiger partial charge in [-0.3, -0.25) is 0 Å². The number of hydrogen-bond acceptors (Lipinski definition) is 1. The van der Waals surface area contributed by atoms with E-state index in [1.165, 1.54) is 11.3 Å². The molecule has 0 aromatic carbocycles. The van der Waals surface area contributed by atoms with Gasteiger partial charge in [0.15, 0.2) is 0 Å². The Bertz CT molecular complexity index is 177. The summed E-state index contributed by atoms with van der Waals surface area (Å²) >= 11 is 4.32. The lowest BCUT2D eigenvalue weighted by molar-refractivity contribution is 0.655. The summed E-state index contributed by atoms with van der Waals surface area (Å²) < 4.78 is 0. The number of thiol groups is 1. The van der Waals surface area contributed by atoms with Gasteiger partial charge in [-0.2, -0.15) is 0 Å². The van der Waals surface area contributed by atoms with Gasteiger partial charge in [0, 0.05) is 0 Å². The molecule has 0 bridgehead atoms. The maximum atomic E-state index is 4.32. The molecule has 0 aromatic heterocycles. The Kier molecular flexibility index (Phi) is 2.61. The zero-order valence-electron chi connectivity index (χ0n) is 6.59. The maximum Gasteiger partial charge on any atom is -0.0158 e. The molecule has 0 aliphatic heterocycles. The van der Waals surface area contributed by atoms with Crippen LogP contribution >= 0.6 is 12.6 Å². The van der Waals surface area contributed by atoms with Crippen molar-refractivity contribution in [3.8, 4) is 0 Å². The molecule has 1 rings (SSSR count). The molecule has 1 atom stereocenters. The van der Waals surface area contributed by atoms with Gasteiger partial charge < -0.3 is 0 Å². The largest absolute Gasteiger partial charge is 0.148 e. The van der Waals surface area contributed by atoms with E-state index in [0.29, 0.717) is 5.92 Å². The summed E-state index contributed by atoms with van der Waals surface area (Å²) in [6.07, 6.45) is 6.62. The molecule has 1 heteroatoms. The molecule has 10 heavy (non-hydrogen) atoms. The molecule has 0 amide bonds. The summed E-state index contributed by atoms with van der Waals surface area (Å²) in [5.74, 6) is 0.711. The van der Waals surface area contributed by atoms with Gasteiger partial charge >= 0.3 is 0 Å². The van der Waals surface area contributed by atoms with E-state index in [2.05, 4.69) is 38.6 Å². The Hall–Kier alpha value is -0.170. The van der Waals surface area contributed by atoms with Gasteiger partial charge in [0.25, 0.3) is 0 Å². The third-order valence-corrected chi connectivity index (χ3v) is 2.38. The normalized spacial score (nSPS) is 25.7. The fourth-order valence-electron chi connectivity index (χ4n) is 1.35. The van der Waals surface area contributed by atoms with Crippen LogP contribution in [0.15, 0.2) is 22.6 Å². The van der Waals surface area contributed by atoms with Gasteiger partial charge in [-0.05, 0) is 23.7 Å². The van der Waals surface area contributed by atoms with Crippen molar-refractivity contribution in [1.29, 1.82) is 0 Å². The SMILES string of the molecule is CCC1=CC=C(S)CC1C. The monoisotopic (exact) mass is 154 g/mol. The van der Waals surface area contributed by atoms with E-state index in [9.17, 15) is 0 Å². The molecule has 0 saturated heterocycles. The zero-order valence-corrected chi connectivity index (χ0v) is 7.49. The molecule has 0 heterocycles. The average Bonchev–Trinajstić information content (AvgIpc) is 1.88. The van der Waals surface area contributed by atoms with Crippen molar-refractivity contribution in [2.24, 2.45) is 5.92 Å². The van der Waals surface area contributed by atoms with Crippen molar-refractivity contribution in [2.45, 2.75) is 26.7 Å². The minimum absolute atomic E-state index is 0.711. The second kappa shape index (κ2) is 3.29. The van der Waals surface area contributed by atoms with Gasteiger partial charge in [-0.15, -0.1) is 12.6 Å². The first kappa shape index (κ1) is 7.93. The fourth-order valence-corrected chi connectivity index (χ4v) is 1.70. The summed E-state index contributed by atoms with van der Waals surface area (Å²) in [5.41, 5.74) is 1.55. The van der Waals surface area contributed by atoms with Crippen molar-refractivity contribution in [2.75, 3.05) is 0 Å². The van der Waals surface area contributed by atoms with Gasteiger partial charge in [-0.1, -0.05) is 31.6 Å². The van der Waals surface area contributed by atoms with Crippen molar-refractivity contribution < 1.29 is 0 Å². The van der Waals surface area contributed by atoms with Crippen LogP contribution in [0.5, 0.6) is 0 Å². The minimum Gasteiger partial charge on any atom is -0.148 e.